The molecule has 0 aliphatic heterocycles. The molecule has 0 saturated heterocycles. The molecule has 0 bridgehead atoms. The van der Waals surface area contributed by atoms with Crippen molar-refractivity contribution >= 4 is 6.16 Å². The normalized spacial score (nSPS) is 13.6. The number of hydrogen-bond donors (Lipinski definition) is 0. The van der Waals surface area contributed by atoms with E-state index in [0.717, 1.165) is 0 Å². The lowest BCUT2D eigenvalue weighted by Gasteiger charge is -2.18. The Morgan fingerprint density at radius 2 is 2.00 bits per heavy atom. The van der Waals surface area contributed by atoms with Gasteiger partial charge >= 0.3 is 6.16 Å². The van der Waals surface area contributed by atoms with E-state index >= 15 is 0 Å². The summed E-state index contributed by atoms with van der Waals surface area (Å²) in [5, 5.41) is 0. The van der Waals surface area contributed by atoms with Crippen LogP contribution in [0.5, 0.6) is 0 Å². The van der Waals surface area contributed by atoms with Gasteiger partial charge in [-0.05, 0) is 18.8 Å². The second kappa shape index (κ2) is 5.10. The van der Waals surface area contributed by atoms with Crippen LogP contribution in [0.25, 0.3) is 0 Å². The summed E-state index contributed by atoms with van der Waals surface area (Å²) >= 11 is 0. The summed E-state index contributed by atoms with van der Waals surface area (Å²) in [5.41, 5.74) is -0.0157. The SMILES string of the molecule is C[CH][C@H](C)OC(=O)OCC(C)(C)C. The maximum Gasteiger partial charge on any atom is 0.508 e. The molecule has 3 nitrogen and oxygen atoms in total. The molecule has 0 N–H and O–H groups in total. The zero-order valence-electron chi connectivity index (χ0n) is 9.09. The summed E-state index contributed by atoms with van der Waals surface area (Å²) in [5.74, 6) is 0. The van der Waals surface area contributed by atoms with Crippen LogP contribution in [0, 0.1) is 11.8 Å². The molecule has 0 aromatic heterocycles. The smallest absolute Gasteiger partial charge is 0.434 e. The summed E-state index contributed by atoms with van der Waals surface area (Å²) in [6, 6.07) is 0. The second-order valence-corrected chi connectivity index (χ2v) is 4.26. The largest absolute Gasteiger partial charge is 0.508 e. The van der Waals surface area contributed by atoms with E-state index in [2.05, 4.69) is 0 Å². The Morgan fingerprint density at radius 3 is 2.38 bits per heavy atom. The summed E-state index contributed by atoms with van der Waals surface area (Å²) in [4.78, 5) is 11.0. The van der Waals surface area contributed by atoms with Crippen LogP contribution >= 0.6 is 0 Å². The number of carbonyl (C=O) groups excluding carboxylic acids is 1. The number of rotatable bonds is 3. The molecule has 77 valence electrons. The van der Waals surface area contributed by atoms with Gasteiger partial charge in [0.2, 0.25) is 0 Å². The van der Waals surface area contributed by atoms with Gasteiger partial charge in [-0.1, -0.05) is 27.7 Å². The monoisotopic (exact) mass is 187 g/mol. The van der Waals surface area contributed by atoms with E-state index in [-0.39, 0.29) is 11.5 Å². The van der Waals surface area contributed by atoms with Gasteiger partial charge in [0.15, 0.2) is 0 Å². The van der Waals surface area contributed by atoms with E-state index in [1.165, 1.54) is 0 Å². The van der Waals surface area contributed by atoms with Gasteiger partial charge in [-0.25, -0.2) is 4.79 Å². The van der Waals surface area contributed by atoms with Crippen molar-refractivity contribution in [1.29, 1.82) is 0 Å². The maximum absolute atomic E-state index is 11.0. The fourth-order valence-corrected chi connectivity index (χ4v) is 0.529. The van der Waals surface area contributed by atoms with Crippen molar-refractivity contribution < 1.29 is 14.3 Å². The number of hydrogen-bond acceptors (Lipinski definition) is 3. The molecular formula is C10H19O3. The minimum Gasteiger partial charge on any atom is -0.434 e. The first-order valence-corrected chi connectivity index (χ1v) is 4.48. The molecule has 0 aliphatic rings. The van der Waals surface area contributed by atoms with Crippen LogP contribution in [0.4, 0.5) is 4.79 Å². The van der Waals surface area contributed by atoms with Gasteiger partial charge in [-0.3, -0.25) is 0 Å². The number of carbonyl (C=O) groups is 1. The van der Waals surface area contributed by atoms with E-state index in [9.17, 15) is 4.79 Å². The molecule has 1 radical (unpaired) electrons. The fraction of sp³-hybridized carbons (Fsp3) is 0.800. The molecule has 0 aromatic rings. The molecule has 0 aromatic carbocycles. The Morgan fingerprint density at radius 1 is 1.46 bits per heavy atom. The molecule has 0 fully saturated rings. The molecule has 0 amide bonds. The quantitative estimate of drug-likeness (QED) is 0.637. The first-order valence-electron chi connectivity index (χ1n) is 4.48. The minimum atomic E-state index is -0.597. The van der Waals surface area contributed by atoms with Crippen molar-refractivity contribution in [1.82, 2.24) is 0 Å². The predicted molar refractivity (Wildman–Crippen MR) is 51.3 cm³/mol. The standard InChI is InChI=1S/C10H19O3/c1-6-8(2)13-9(11)12-7-10(3,4)5/h6,8H,7H2,1-5H3/t8-/m0/s1. The molecule has 1 atom stereocenters. The lowest BCUT2D eigenvalue weighted by molar-refractivity contribution is 0.0192. The van der Waals surface area contributed by atoms with E-state index in [4.69, 9.17) is 9.47 Å². The lowest BCUT2D eigenvalue weighted by atomic mass is 9.99. The molecule has 0 heterocycles. The van der Waals surface area contributed by atoms with Crippen LogP contribution in [0.2, 0.25) is 0 Å². The average molecular weight is 187 g/mol. The lowest BCUT2D eigenvalue weighted by Crippen LogP contribution is -2.21. The Labute approximate surface area is 80.4 Å². The average Bonchev–Trinajstić information content (AvgIpc) is 1.99. The minimum absolute atomic E-state index is 0.0157. The highest BCUT2D eigenvalue weighted by Gasteiger charge is 2.15. The van der Waals surface area contributed by atoms with Crippen LogP contribution in [0.1, 0.15) is 34.6 Å². The highest BCUT2D eigenvalue weighted by molar-refractivity contribution is 5.60. The zero-order chi connectivity index (χ0) is 10.5. The van der Waals surface area contributed by atoms with Gasteiger partial charge in [0.1, 0.15) is 6.10 Å². The van der Waals surface area contributed by atoms with Crippen molar-refractivity contribution in [2.24, 2.45) is 5.41 Å². The Bertz CT molecular complexity index is 158. The van der Waals surface area contributed by atoms with Gasteiger partial charge in [0.05, 0.1) is 6.61 Å². The third-order valence-corrected chi connectivity index (χ3v) is 1.37. The highest BCUT2D eigenvalue weighted by Crippen LogP contribution is 2.13. The molecule has 3 heteroatoms. The Hall–Kier alpha value is -0.730. The second-order valence-electron chi connectivity index (χ2n) is 4.26. The summed E-state index contributed by atoms with van der Waals surface area (Å²) in [7, 11) is 0. The molecule has 13 heavy (non-hydrogen) atoms. The van der Waals surface area contributed by atoms with Gasteiger partial charge in [-0.15, -0.1) is 0 Å². The highest BCUT2D eigenvalue weighted by atomic mass is 16.7. The van der Waals surface area contributed by atoms with Crippen molar-refractivity contribution in [2.45, 2.75) is 40.7 Å². The van der Waals surface area contributed by atoms with E-state index < -0.39 is 6.16 Å². The van der Waals surface area contributed by atoms with Crippen LogP contribution < -0.4 is 0 Å². The van der Waals surface area contributed by atoms with E-state index in [1.54, 1.807) is 13.3 Å². The fourth-order valence-electron chi connectivity index (χ4n) is 0.529. The van der Waals surface area contributed by atoms with Crippen molar-refractivity contribution in [3.63, 3.8) is 0 Å². The zero-order valence-corrected chi connectivity index (χ0v) is 9.09. The van der Waals surface area contributed by atoms with Gasteiger partial charge < -0.3 is 9.47 Å². The molecule has 0 aliphatic carbocycles. The van der Waals surface area contributed by atoms with Gasteiger partial charge in [0, 0.05) is 0 Å². The van der Waals surface area contributed by atoms with Crippen LogP contribution in [0.15, 0.2) is 0 Å². The first-order chi connectivity index (χ1) is 5.85. The Kier molecular flexibility index (Phi) is 4.81. The van der Waals surface area contributed by atoms with E-state index in [0.29, 0.717) is 6.61 Å². The molecule has 0 rings (SSSR count). The molecule has 0 spiro atoms. The van der Waals surface area contributed by atoms with Crippen LogP contribution in [0.3, 0.4) is 0 Å². The summed E-state index contributed by atoms with van der Waals surface area (Å²) in [6.07, 6.45) is 1.01. The van der Waals surface area contributed by atoms with Crippen molar-refractivity contribution in [3.8, 4) is 0 Å². The van der Waals surface area contributed by atoms with Gasteiger partial charge in [-0.2, -0.15) is 0 Å². The Balaban J connectivity index is 3.64. The number of ether oxygens (including phenoxy) is 2. The summed E-state index contributed by atoms with van der Waals surface area (Å²) < 4.78 is 9.78. The topological polar surface area (TPSA) is 35.5 Å². The van der Waals surface area contributed by atoms with E-state index in [1.807, 2.05) is 27.7 Å². The molecule has 0 saturated carbocycles. The molecular weight excluding hydrogens is 168 g/mol. The van der Waals surface area contributed by atoms with Crippen LogP contribution in [-0.2, 0) is 9.47 Å². The maximum atomic E-state index is 11.0. The predicted octanol–water partition coefficient (Wildman–Crippen LogP) is 2.80. The van der Waals surface area contributed by atoms with Gasteiger partial charge in [0.25, 0.3) is 0 Å². The van der Waals surface area contributed by atoms with Crippen molar-refractivity contribution in [3.05, 3.63) is 6.42 Å². The molecule has 0 unspecified atom stereocenters. The summed E-state index contributed by atoms with van der Waals surface area (Å²) in [6.45, 7) is 9.99. The third kappa shape index (κ3) is 7.62. The van der Waals surface area contributed by atoms with Crippen LogP contribution in [-0.4, -0.2) is 18.9 Å². The first kappa shape index (κ1) is 12.3. The van der Waals surface area contributed by atoms with Crippen molar-refractivity contribution in [2.75, 3.05) is 6.61 Å². The third-order valence-electron chi connectivity index (χ3n) is 1.37.